The summed E-state index contributed by atoms with van der Waals surface area (Å²) in [4.78, 5) is 12.8. The van der Waals surface area contributed by atoms with Crippen molar-refractivity contribution in [3.8, 4) is 5.75 Å². The lowest BCUT2D eigenvalue weighted by Gasteiger charge is -2.28. The van der Waals surface area contributed by atoms with Crippen LogP contribution in [0, 0.1) is 0 Å². The van der Waals surface area contributed by atoms with Crippen molar-refractivity contribution in [1.29, 1.82) is 0 Å². The van der Waals surface area contributed by atoms with E-state index in [9.17, 15) is 9.90 Å². The van der Waals surface area contributed by atoms with Crippen LogP contribution in [0.5, 0.6) is 5.75 Å². The standard InChI is InChI=1S/C24H40O2/c1-8-9-10-11-12-13-14-15-21(25)18-16-19(23(2,3)4)22(26)20(17-18)24(5,6)7/h16-17,26H,8-15H2,1-7H3. The lowest BCUT2D eigenvalue weighted by atomic mass is 9.78. The van der Waals surface area contributed by atoms with E-state index in [-0.39, 0.29) is 16.6 Å². The van der Waals surface area contributed by atoms with Crippen LogP contribution in [0.15, 0.2) is 12.1 Å². The summed E-state index contributed by atoms with van der Waals surface area (Å²) in [5, 5.41) is 10.8. The zero-order chi connectivity index (χ0) is 20.0. The van der Waals surface area contributed by atoms with Gasteiger partial charge in [0.15, 0.2) is 5.78 Å². The van der Waals surface area contributed by atoms with Crippen LogP contribution in [0.25, 0.3) is 0 Å². The Hall–Kier alpha value is -1.31. The molecule has 1 aromatic rings. The Bertz CT molecular complexity index is 550. The van der Waals surface area contributed by atoms with Crippen molar-refractivity contribution < 1.29 is 9.90 Å². The zero-order valence-corrected chi connectivity index (χ0v) is 18.2. The first-order valence-electron chi connectivity index (χ1n) is 10.4. The quantitative estimate of drug-likeness (QED) is 0.370. The molecule has 0 aromatic heterocycles. The van der Waals surface area contributed by atoms with Gasteiger partial charge < -0.3 is 5.11 Å². The molecule has 0 aliphatic rings. The highest BCUT2D eigenvalue weighted by atomic mass is 16.3. The zero-order valence-electron chi connectivity index (χ0n) is 18.2. The van der Waals surface area contributed by atoms with Crippen molar-refractivity contribution in [2.75, 3.05) is 0 Å². The summed E-state index contributed by atoms with van der Waals surface area (Å²) in [7, 11) is 0. The molecule has 0 radical (unpaired) electrons. The van der Waals surface area contributed by atoms with Gasteiger partial charge in [0.05, 0.1) is 0 Å². The maximum absolute atomic E-state index is 12.8. The Morgan fingerprint density at radius 2 is 1.23 bits per heavy atom. The van der Waals surface area contributed by atoms with Gasteiger partial charge in [0.25, 0.3) is 0 Å². The van der Waals surface area contributed by atoms with E-state index < -0.39 is 0 Å². The van der Waals surface area contributed by atoms with Gasteiger partial charge in [-0.1, -0.05) is 87.0 Å². The summed E-state index contributed by atoms with van der Waals surface area (Å²) in [6, 6.07) is 3.82. The van der Waals surface area contributed by atoms with Crippen molar-refractivity contribution in [2.24, 2.45) is 0 Å². The molecule has 0 unspecified atom stereocenters. The largest absolute Gasteiger partial charge is 0.507 e. The van der Waals surface area contributed by atoms with Gasteiger partial charge in [-0.25, -0.2) is 0 Å². The first-order chi connectivity index (χ1) is 12.0. The number of phenols is 1. The third-order valence-electron chi connectivity index (χ3n) is 5.06. The number of rotatable bonds is 9. The van der Waals surface area contributed by atoms with Crippen LogP contribution in [0.4, 0.5) is 0 Å². The van der Waals surface area contributed by atoms with Crippen LogP contribution in [-0.4, -0.2) is 10.9 Å². The Morgan fingerprint density at radius 3 is 1.65 bits per heavy atom. The molecular weight excluding hydrogens is 320 g/mol. The highest BCUT2D eigenvalue weighted by Crippen LogP contribution is 2.40. The molecule has 1 aromatic carbocycles. The fourth-order valence-electron chi connectivity index (χ4n) is 3.33. The monoisotopic (exact) mass is 360 g/mol. The molecule has 0 atom stereocenters. The van der Waals surface area contributed by atoms with Gasteiger partial charge in [0, 0.05) is 23.1 Å². The summed E-state index contributed by atoms with van der Waals surface area (Å²) in [6.07, 6.45) is 9.10. The summed E-state index contributed by atoms with van der Waals surface area (Å²) >= 11 is 0. The van der Waals surface area contributed by atoms with Crippen molar-refractivity contribution in [1.82, 2.24) is 0 Å². The number of aromatic hydroxyl groups is 1. The highest BCUT2D eigenvalue weighted by Gasteiger charge is 2.27. The smallest absolute Gasteiger partial charge is 0.162 e. The number of carbonyl (C=O) groups excluding carboxylic acids is 1. The van der Waals surface area contributed by atoms with Gasteiger partial charge >= 0.3 is 0 Å². The molecule has 0 bridgehead atoms. The van der Waals surface area contributed by atoms with Crippen LogP contribution in [0.2, 0.25) is 0 Å². The molecule has 1 rings (SSSR count). The average molecular weight is 361 g/mol. The molecule has 0 amide bonds. The molecule has 0 heterocycles. The molecule has 2 nitrogen and oxygen atoms in total. The van der Waals surface area contributed by atoms with Gasteiger partial charge in [-0.3, -0.25) is 4.79 Å². The first kappa shape index (κ1) is 22.7. The summed E-state index contributed by atoms with van der Waals surface area (Å²) in [6.45, 7) is 14.7. The van der Waals surface area contributed by atoms with E-state index in [2.05, 4.69) is 48.5 Å². The maximum atomic E-state index is 12.8. The Labute approximate surface area is 161 Å². The van der Waals surface area contributed by atoms with E-state index in [1.54, 1.807) is 0 Å². The number of phenolic OH excluding ortho intramolecular Hbond substituents is 1. The minimum absolute atomic E-state index is 0.195. The SMILES string of the molecule is CCCCCCCCCC(=O)c1cc(C(C)(C)C)c(O)c(C(C)(C)C)c1. The van der Waals surface area contributed by atoms with E-state index in [1.807, 2.05) is 12.1 Å². The van der Waals surface area contributed by atoms with Gasteiger partial charge in [-0.05, 0) is 29.4 Å². The lowest BCUT2D eigenvalue weighted by Crippen LogP contribution is -2.18. The maximum Gasteiger partial charge on any atom is 0.162 e. The second-order valence-electron chi connectivity index (χ2n) is 9.71. The molecule has 0 aliphatic carbocycles. The normalized spacial score (nSPS) is 12.4. The van der Waals surface area contributed by atoms with E-state index in [0.29, 0.717) is 12.2 Å². The molecule has 148 valence electrons. The summed E-state index contributed by atoms with van der Waals surface area (Å²) in [5.41, 5.74) is 2.10. The Kier molecular flexibility index (Phi) is 8.37. The fourth-order valence-corrected chi connectivity index (χ4v) is 3.33. The van der Waals surface area contributed by atoms with Gasteiger partial charge in [0.2, 0.25) is 0 Å². The topological polar surface area (TPSA) is 37.3 Å². The predicted molar refractivity (Wildman–Crippen MR) is 112 cm³/mol. The van der Waals surface area contributed by atoms with Crippen LogP contribution in [0.1, 0.15) is 121 Å². The van der Waals surface area contributed by atoms with Crippen LogP contribution >= 0.6 is 0 Å². The van der Waals surface area contributed by atoms with Crippen LogP contribution < -0.4 is 0 Å². The molecule has 2 heteroatoms. The number of hydrogen-bond acceptors (Lipinski definition) is 2. The van der Waals surface area contributed by atoms with Crippen LogP contribution in [-0.2, 0) is 10.8 Å². The first-order valence-corrected chi connectivity index (χ1v) is 10.4. The molecule has 0 spiro atoms. The second kappa shape index (κ2) is 9.58. The Morgan fingerprint density at radius 1 is 0.808 bits per heavy atom. The van der Waals surface area contributed by atoms with E-state index in [1.165, 1.54) is 32.1 Å². The van der Waals surface area contributed by atoms with Crippen molar-refractivity contribution in [2.45, 2.75) is 111 Å². The number of carbonyl (C=O) groups is 1. The third-order valence-corrected chi connectivity index (χ3v) is 5.06. The fraction of sp³-hybridized carbons (Fsp3) is 0.708. The molecule has 26 heavy (non-hydrogen) atoms. The number of benzene rings is 1. The number of Topliss-reactive ketones (excluding diaryl/α,β-unsaturated/α-hetero) is 1. The molecular formula is C24H40O2. The minimum Gasteiger partial charge on any atom is -0.507 e. The number of hydrogen-bond donors (Lipinski definition) is 1. The number of ketones is 1. The highest BCUT2D eigenvalue weighted by molar-refractivity contribution is 5.96. The van der Waals surface area contributed by atoms with E-state index in [0.717, 1.165) is 29.5 Å². The second-order valence-corrected chi connectivity index (χ2v) is 9.71. The van der Waals surface area contributed by atoms with Gasteiger partial charge in [-0.2, -0.15) is 0 Å². The van der Waals surface area contributed by atoms with E-state index >= 15 is 0 Å². The predicted octanol–water partition coefficient (Wildman–Crippen LogP) is 7.31. The molecule has 0 saturated carbocycles. The molecule has 0 aliphatic heterocycles. The number of unbranched alkanes of at least 4 members (excludes halogenated alkanes) is 6. The van der Waals surface area contributed by atoms with Gasteiger partial charge in [0.1, 0.15) is 5.75 Å². The molecule has 0 saturated heterocycles. The Balaban J connectivity index is 2.86. The molecule has 0 fully saturated rings. The lowest BCUT2D eigenvalue weighted by molar-refractivity contribution is 0.0979. The van der Waals surface area contributed by atoms with Crippen LogP contribution in [0.3, 0.4) is 0 Å². The summed E-state index contributed by atoms with van der Waals surface area (Å²) < 4.78 is 0. The average Bonchev–Trinajstić information content (AvgIpc) is 2.51. The minimum atomic E-state index is -0.195. The van der Waals surface area contributed by atoms with Crippen molar-refractivity contribution >= 4 is 5.78 Å². The van der Waals surface area contributed by atoms with Gasteiger partial charge in [-0.15, -0.1) is 0 Å². The van der Waals surface area contributed by atoms with Crippen molar-refractivity contribution in [3.63, 3.8) is 0 Å². The van der Waals surface area contributed by atoms with E-state index in [4.69, 9.17) is 0 Å². The van der Waals surface area contributed by atoms with Crippen molar-refractivity contribution in [3.05, 3.63) is 28.8 Å². The summed E-state index contributed by atoms with van der Waals surface area (Å²) in [5.74, 6) is 0.548. The third kappa shape index (κ3) is 6.78. The molecule has 1 N–H and O–H groups in total.